The molecule has 0 saturated carbocycles. The van der Waals surface area contributed by atoms with Crippen LogP contribution in [0.5, 0.6) is 0 Å². The standard InChI is InChI=1S/C29H35N5O5/c1-29(2,3)39-28(38)34-23-8-9-24(34)17-33(16-23)22-6-4-19(5-7-22)10-12-30-27(37)21-14-20-11-13-32(18-25(35)36)26(20)31-15-21/h4-7,11,13-15,23-24H,8-10,12,16-18H2,1-3H3,(H,30,37)(H,35,36)/t23-,24-/m0/s1. The molecule has 2 aliphatic heterocycles. The van der Waals surface area contributed by atoms with Crippen LogP contribution in [0.15, 0.2) is 48.8 Å². The van der Waals surface area contributed by atoms with E-state index in [2.05, 4.69) is 39.5 Å². The number of nitrogens with zero attached hydrogens (tertiary/aromatic N) is 4. The first-order valence-corrected chi connectivity index (χ1v) is 13.4. The predicted molar refractivity (Wildman–Crippen MR) is 147 cm³/mol. The molecule has 2 amide bonds. The van der Waals surface area contributed by atoms with Crippen molar-refractivity contribution in [3.63, 3.8) is 0 Å². The first-order chi connectivity index (χ1) is 18.6. The largest absolute Gasteiger partial charge is 0.480 e. The zero-order valence-corrected chi connectivity index (χ0v) is 22.6. The van der Waals surface area contributed by atoms with E-state index in [1.54, 1.807) is 18.3 Å². The van der Waals surface area contributed by atoms with Gasteiger partial charge in [0.2, 0.25) is 0 Å². The van der Waals surface area contributed by atoms with Crippen molar-refractivity contribution in [2.45, 2.75) is 64.3 Å². The number of rotatable bonds is 7. The van der Waals surface area contributed by atoms with Gasteiger partial charge in [0.05, 0.1) is 17.6 Å². The number of amides is 2. The molecule has 206 valence electrons. The van der Waals surface area contributed by atoms with Crippen molar-refractivity contribution >= 4 is 34.7 Å². The zero-order valence-electron chi connectivity index (χ0n) is 22.6. The van der Waals surface area contributed by atoms with E-state index in [-0.39, 0.29) is 30.6 Å². The van der Waals surface area contributed by atoms with E-state index in [1.807, 2.05) is 25.7 Å². The lowest BCUT2D eigenvalue weighted by atomic mass is 10.1. The topological polar surface area (TPSA) is 117 Å². The number of piperazine rings is 1. The quantitative estimate of drug-likeness (QED) is 0.476. The molecule has 0 spiro atoms. The third-order valence-electron chi connectivity index (χ3n) is 7.26. The van der Waals surface area contributed by atoms with E-state index in [0.29, 0.717) is 24.2 Å². The monoisotopic (exact) mass is 533 g/mol. The minimum Gasteiger partial charge on any atom is -0.480 e. The van der Waals surface area contributed by atoms with Gasteiger partial charge in [0.15, 0.2) is 0 Å². The SMILES string of the molecule is CC(C)(C)OC(=O)N1[C@H]2CC[C@H]1CN(c1ccc(CCNC(=O)c3cnc4c(ccn4CC(=O)O)c3)cc1)C2. The Labute approximate surface area is 227 Å². The molecule has 3 aromatic rings. The van der Waals surface area contributed by atoms with E-state index >= 15 is 0 Å². The maximum absolute atomic E-state index is 12.7. The van der Waals surface area contributed by atoms with E-state index < -0.39 is 11.6 Å². The molecule has 2 fully saturated rings. The second-order valence-electron chi connectivity index (χ2n) is 11.3. The van der Waals surface area contributed by atoms with Gasteiger partial charge in [0, 0.05) is 43.1 Å². The number of hydrogen-bond donors (Lipinski definition) is 2. The van der Waals surface area contributed by atoms with E-state index in [9.17, 15) is 14.4 Å². The van der Waals surface area contributed by atoms with Crippen LogP contribution < -0.4 is 10.2 Å². The summed E-state index contributed by atoms with van der Waals surface area (Å²) in [5, 5.41) is 12.7. The number of carbonyl (C=O) groups is 3. The maximum Gasteiger partial charge on any atom is 0.410 e. The van der Waals surface area contributed by atoms with Crippen LogP contribution in [0.1, 0.15) is 49.5 Å². The normalized spacial score (nSPS) is 18.8. The van der Waals surface area contributed by atoms with Crippen molar-refractivity contribution in [2.24, 2.45) is 0 Å². The van der Waals surface area contributed by atoms with Gasteiger partial charge in [-0.2, -0.15) is 0 Å². The Balaban J connectivity index is 1.13. The zero-order chi connectivity index (χ0) is 27.7. The van der Waals surface area contributed by atoms with Crippen LogP contribution in [0.3, 0.4) is 0 Å². The fraction of sp³-hybridized carbons (Fsp3) is 0.448. The minimum absolute atomic E-state index is 0.165. The molecular weight excluding hydrogens is 498 g/mol. The van der Waals surface area contributed by atoms with Gasteiger partial charge in [0.1, 0.15) is 17.8 Å². The highest BCUT2D eigenvalue weighted by atomic mass is 16.6. The van der Waals surface area contributed by atoms with E-state index in [0.717, 1.165) is 42.6 Å². The number of pyridine rings is 1. The molecule has 39 heavy (non-hydrogen) atoms. The van der Waals surface area contributed by atoms with Gasteiger partial charge < -0.3 is 24.6 Å². The molecule has 2 aromatic heterocycles. The summed E-state index contributed by atoms with van der Waals surface area (Å²) in [6.07, 6.45) is 5.60. The number of hydrogen-bond acceptors (Lipinski definition) is 6. The van der Waals surface area contributed by atoms with Crippen molar-refractivity contribution in [3.05, 3.63) is 59.9 Å². The summed E-state index contributed by atoms with van der Waals surface area (Å²) < 4.78 is 7.18. The smallest absolute Gasteiger partial charge is 0.410 e. The number of fused-ring (bicyclic) bond motifs is 3. The van der Waals surface area contributed by atoms with Gasteiger partial charge in [0.25, 0.3) is 5.91 Å². The maximum atomic E-state index is 12.7. The highest BCUT2D eigenvalue weighted by Gasteiger charge is 2.44. The molecular formula is C29H35N5O5. The number of carbonyl (C=O) groups excluding carboxylic acids is 2. The Morgan fingerprint density at radius 2 is 1.77 bits per heavy atom. The molecule has 2 aliphatic rings. The fourth-order valence-electron chi connectivity index (χ4n) is 5.50. The van der Waals surface area contributed by atoms with Crippen LogP contribution in [0.25, 0.3) is 11.0 Å². The van der Waals surface area contributed by atoms with Crippen molar-refractivity contribution in [3.8, 4) is 0 Å². The highest BCUT2D eigenvalue weighted by Crippen LogP contribution is 2.34. The molecule has 10 heteroatoms. The number of carboxylic acids is 1. The summed E-state index contributed by atoms with van der Waals surface area (Å²) in [5.41, 5.74) is 2.73. The van der Waals surface area contributed by atoms with Crippen molar-refractivity contribution < 1.29 is 24.2 Å². The lowest BCUT2D eigenvalue weighted by Gasteiger charge is -2.42. The Bertz CT molecular complexity index is 1360. The van der Waals surface area contributed by atoms with Crippen LogP contribution in [0, 0.1) is 0 Å². The second-order valence-corrected chi connectivity index (χ2v) is 11.3. The highest BCUT2D eigenvalue weighted by molar-refractivity contribution is 5.97. The number of aromatic nitrogens is 2. The molecule has 2 bridgehead atoms. The third kappa shape index (κ3) is 6.00. The predicted octanol–water partition coefficient (Wildman–Crippen LogP) is 3.68. The average Bonchev–Trinajstić information content (AvgIpc) is 3.39. The molecule has 2 saturated heterocycles. The summed E-state index contributed by atoms with van der Waals surface area (Å²) in [7, 11) is 0. The number of benzene rings is 1. The van der Waals surface area contributed by atoms with Gasteiger partial charge in [-0.15, -0.1) is 0 Å². The molecule has 0 unspecified atom stereocenters. The molecule has 0 aliphatic carbocycles. The van der Waals surface area contributed by atoms with Gasteiger partial charge in [-0.25, -0.2) is 9.78 Å². The number of carboxylic acid groups (broad SMARTS) is 1. The third-order valence-corrected chi connectivity index (χ3v) is 7.26. The summed E-state index contributed by atoms with van der Waals surface area (Å²) in [6, 6.07) is 12.2. The lowest BCUT2D eigenvalue weighted by Crippen LogP contribution is -2.56. The lowest BCUT2D eigenvalue weighted by molar-refractivity contribution is -0.137. The summed E-state index contributed by atoms with van der Waals surface area (Å²) >= 11 is 0. The van der Waals surface area contributed by atoms with Gasteiger partial charge in [-0.3, -0.25) is 14.5 Å². The van der Waals surface area contributed by atoms with Crippen LogP contribution in [0.4, 0.5) is 10.5 Å². The molecule has 2 atom stereocenters. The van der Waals surface area contributed by atoms with E-state index in [1.165, 1.54) is 10.8 Å². The molecule has 10 nitrogen and oxygen atoms in total. The number of aliphatic carboxylic acids is 1. The molecule has 5 rings (SSSR count). The average molecular weight is 534 g/mol. The second kappa shape index (κ2) is 10.6. The van der Waals surface area contributed by atoms with Crippen molar-refractivity contribution in [1.29, 1.82) is 0 Å². The Kier molecular flexibility index (Phi) is 7.20. The molecule has 4 heterocycles. The summed E-state index contributed by atoms with van der Waals surface area (Å²) in [5.74, 6) is -1.16. The Morgan fingerprint density at radius 1 is 1.08 bits per heavy atom. The summed E-state index contributed by atoms with van der Waals surface area (Å²) in [4.78, 5) is 44.9. The summed E-state index contributed by atoms with van der Waals surface area (Å²) in [6.45, 7) is 7.59. The molecule has 2 N–H and O–H groups in total. The first-order valence-electron chi connectivity index (χ1n) is 13.4. The van der Waals surface area contributed by atoms with Crippen LogP contribution in [-0.4, -0.2) is 74.8 Å². The van der Waals surface area contributed by atoms with Crippen LogP contribution >= 0.6 is 0 Å². The number of nitrogens with one attached hydrogen (secondary N) is 1. The van der Waals surface area contributed by atoms with Crippen LogP contribution in [-0.2, 0) is 22.5 Å². The van der Waals surface area contributed by atoms with Crippen molar-refractivity contribution in [2.75, 3.05) is 24.5 Å². The molecule has 0 radical (unpaired) electrons. The van der Waals surface area contributed by atoms with Crippen LogP contribution in [0.2, 0.25) is 0 Å². The molecule has 1 aromatic carbocycles. The van der Waals surface area contributed by atoms with Crippen molar-refractivity contribution in [1.82, 2.24) is 19.8 Å². The van der Waals surface area contributed by atoms with Gasteiger partial charge in [-0.05, 0) is 69.9 Å². The van der Waals surface area contributed by atoms with Gasteiger partial charge in [-0.1, -0.05) is 12.1 Å². The Morgan fingerprint density at radius 3 is 2.41 bits per heavy atom. The minimum atomic E-state index is -0.947. The van der Waals surface area contributed by atoms with Gasteiger partial charge >= 0.3 is 12.1 Å². The number of anilines is 1. The Hall–Kier alpha value is -4.08. The van der Waals surface area contributed by atoms with E-state index in [4.69, 9.17) is 9.84 Å². The fourth-order valence-corrected chi connectivity index (χ4v) is 5.50. The number of ether oxygens (including phenoxy) is 1. The first kappa shape index (κ1) is 26.5.